The minimum atomic E-state index is -2.21. The van der Waals surface area contributed by atoms with Crippen molar-refractivity contribution in [1.29, 1.82) is 0 Å². The van der Waals surface area contributed by atoms with Crippen molar-refractivity contribution in [3.05, 3.63) is 55.6 Å². The largest absolute Gasteiger partial charge is 0.306 e. The van der Waals surface area contributed by atoms with E-state index >= 15 is 0 Å². The molecule has 9 heteroatoms. The van der Waals surface area contributed by atoms with Crippen LogP contribution in [0.2, 0.25) is 0 Å². The Hall–Kier alpha value is -2.68. The van der Waals surface area contributed by atoms with Gasteiger partial charge in [0, 0.05) is 27.4 Å². The molecule has 2 bridgehead atoms. The highest BCUT2D eigenvalue weighted by atomic mass is 16.6. The van der Waals surface area contributed by atoms with E-state index in [2.05, 4.69) is 0 Å². The summed E-state index contributed by atoms with van der Waals surface area (Å²) in [4.78, 5) is 49.9. The topological polar surface area (TPSA) is 124 Å². The average Bonchev–Trinajstić information content (AvgIpc) is 2.59. The van der Waals surface area contributed by atoms with E-state index in [4.69, 9.17) is 0 Å². The Labute approximate surface area is 149 Å². The summed E-state index contributed by atoms with van der Waals surface area (Å²) >= 11 is 0. The maximum atomic E-state index is 13.2. The fourth-order valence-electron chi connectivity index (χ4n) is 4.55. The summed E-state index contributed by atoms with van der Waals surface area (Å²) in [5.74, 6) is -2.49. The summed E-state index contributed by atoms with van der Waals surface area (Å²) in [7, 11) is 0. The first-order valence-electron chi connectivity index (χ1n) is 8.37. The van der Waals surface area contributed by atoms with E-state index in [0.29, 0.717) is 6.54 Å². The second kappa shape index (κ2) is 5.94. The monoisotopic (exact) mass is 361 g/mol. The van der Waals surface area contributed by atoms with Gasteiger partial charge in [0.15, 0.2) is 0 Å². The summed E-state index contributed by atoms with van der Waals surface area (Å²) in [6.07, 6.45) is -0.389. The summed E-state index contributed by atoms with van der Waals surface area (Å²) in [6.45, 7) is 2.98. The molecule has 0 spiro atoms. The van der Waals surface area contributed by atoms with Crippen molar-refractivity contribution in [3.63, 3.8) is 0 Å². The Morgan fingerprint density at radius 2 is 1.77 bits per heavy atom. The lowest BCUT2D eigenvalue weighted by Crippen LogP contribution is -2.75. The van der Waals surface area contributed by atoms with Crippen molar-refractivity contribution in [2.75, 3.05) is 19.6 Å². The first-order chi connectivity index (χ1) is 12.2. The molecule has 3 atom stereocenters. The predicted molar refractivity (Wildman–Crippen MR) is 90.1 cm³/mol. The lowest BCUT2D eigenvalue weighted by molar-refractivity contribution is -0.640. The van der Waals surface area contributed by atoms with Crippen LogP contribution in [-0.4, -0.2) is 51.5 Å². The standard InChI is InChI=1S/C17H19N3O6/c1-3-18-9-16(19(23)24)13-7-5-4-6-12(13)15(22)17(10-18,20(25)26)14(16)8-11(2)21/h4-7,14H,3,8-10H2,1-2H3. The summed E-state index contributed by atoms with van der Waals surface area (Å²) < 4.78 is 0. The summed E-state index contributed by atoms with van der Waals surface area (Å²) in [5, 5.41) is 24.5. The van der Waals surface area contributed by atoms with E-state index < -0.39 is 38.4 Å². The molecule has 0 N–H and O–H groups in total. The van der Waals surface area contributed by atoms with Gasteiger partial charge in [-0.25, -0.2) is 0 Å². The molecule has 0 saturated carbocycles. The van der Waals surface area contributed by atoms with Gasteiger partial charge < -0.3 is 4.79 Å². The van der Waals surface area contributed by atoms with Crippen LogP contribution in [-0.2, 0) is 10.3 Å². The SMILES string of the molecule is CCN1CC2([N+](=O)[O-])C(=O)c3ccccc3C([N+](=O)[O-])(C1)C2CC(C)=O. The number of piperidine rings is 1. The molecule has 2 aliphatic rings. The van der Waals surface area contributed by atoms with Crippen LogP contribution in [0.15, 0.2) is 24.3 Å². The molecule has 3 rings (SSSR count). The number of benzene rings is 1. The maximum Gasteiger partial charge on any atom is 0.306 e. The van der Waals surface area contributed by atoms with Crippen molar-refractivity contribution >= 4 is 11.6 Å². The number of nitrogens with zero attached hydrogens (tertiary/aromatic N) is 3. The van der Waals surface area contributed by atoms with Gasteiger partial charge in [-0.1, -0.05) is 31.2 Å². The van der Waals surface area contributed by atoms with Crippen molar-refractivity contribution in [1.82, 2.24) is 4.90 Å². The number of hydrogen-bond donors (Lipinski definition) is 0. The van der Waals surface area contributed by atoms with Crippen molar-refractivity contribution < 1.29 is 19.4 Å². The smallest absolute Gasteiger partial charge is 0.300 e. The molecule has 1 aliphatic heterocycles. The number of carbonyl (C=O) groups excluding carboxylic acids is 2. The third kappa shape index (κ3) is 2.13. The van der Waals surface area contributed by atoms with Gasteiger partial charge in [-0.2, -0.15) is 0 Å². The second-order valence-electron chi connectivity index (χ2n) is 7.00. The molecule has 0 radical (unpaired) electrons. The molecular formula is C17H19N3O6. The molecule has 0 aromatic heterocycles. The van der Waals surface area contributed by atoms with Crippen molar-refractivity contribution in [3.8, 4) is 0 Å². The average molecular weight is 361 g/mol. The first kappa shape index (κ1) is 18.1. The highest BCUT2D eigenvalue weighted by Gasteiger charge is 2.77. The number of likely N-dealkylation sites (N-methyl/N-ethyl adjacent to an activating group) is 1. The minimum absolute atomic E-state index is 0.0106. The summed E-state index contributed by atoms with van der Waals surface area (Å²) in [6, 6.07) is 5.99. The molecule has 1 aromatic rings. The van der Waals surface area contributed by atoms with E-state index in [1.165, 1.54) is 25.1 Å². The Morgan fingerprint density at radius 1 is 1.19 bits per heavy atom. The molecule has 138 valence electrons. The fraction of sp³-hybridized carbons (Fsp3) is 0.529. The zero-order valence-corrected chi connectivity index (χ0v) is 14.5. The Balaban J connectivity index is 2.43. The highest BCUT2D eigenvalue weighted by molar-refractivity contribution is 6.06. The Morgan fingerprint density at radius 3 is 2.31 bits per heavy atom. The fourth-order valence-corrected chi connectivity index (χ4v) is 4.55. The molecule has 3 unspecified atom stereocenters. The van der Waals surface area contributed by atoms with Gasteiger partial charge in [-0.15, -0.1) is 0 Å². The first-order valence-corrected chi connectivity index (χ1v) is 8.37. The van der Waals surface area contributed by atoms with Crippen LogP contribution in [0.1, 0.15) is 36.2 Å². The molecule has 9 nitrogen and oxygen atoms in total. The third-order valence-corrected chi connectivity index (χ3v) is 5.70. The van der Waals surface area contributed by atoms with Crippen LogP contribution < -0.4 is 0 Å². The zero-order chi connectivity index (χ0) is 19.3. The van der Waals surface area contributed by atoms with Crippen LogP contribution >= 0.6 is 0 Å². The molecule has 1 saturated heterocycles. The number of hydrogen-bond acceptors (Lipinski definition) is 7. The molecule has 1 aromatic carbocycles. The molecule has 1 heterocycles. The quantitative estimate of drug-likeness (QED) is 0.572. The van der Waals surface area contributed by atoms with Gasteiger partial charge in [0.05, 0.1) is 13.1 Å². The maximum absolute atomic E-state index is 13.2. The highest BCUT2D eigenvalue weighted by Crippen LogP contribution is 2.53. The van der Waals surface area contributed by atoms with Crippen LogP contribution in [0, 0.1) is 26.1 Å². The lowest BCUT2D eigenvalue weighted by atomic mass is 9.56. The number of carbonyl (C=O) groups is 2. The minimum Gasteiger partial charge on any atom is -0.300 e. The number of Topliss-reactive ketones (excluding diaryl/α,β-unsaturated/α-hetero) is 2. The number of rotatable bonds is 5. The second-order valence-corrected chi connectivity index (χ2v) is 7.00. The number of nitro groups is 2. The van der Waals surface area contributed by atoms with Crippen molar-refractivity contribution in [2.24, 2.45) is 5.92 Å². The lowest BCUT2D eigenvalue weighted by Gasteiger charge is -2.50. The molecule has 26 heavy (non-hydrogen) atoms. The van der Waals surface area contributed by atoms with E-state index in [0.717, 1.165) is 0 Å². The van der Waals surface area contributed by atoms with Gasteiger partial charge in [-0.3, -0.25) is 29.9 Å². The van der Waals surface area contributed by atoms with E-state index in [1.807, 2.05) is 0 Å². The third-order valence-electron chi connectivity index (χ3n) is 5.70. The molecule has 1 fully saturated rings. The molecule has 0 amide bonds. The summed E-state index contributed by atoms with van der Waals surface area (Å²) in [5.41, 5.74) is -3.91. The Bertz CT molecular complexity index is 824. The normalized spacial score (nSPS) is 30.5. The van der Waals surface area contributed by atoms with Crippen LogP contribution in [0.3, 0.4) is 0 Å². The number of ketones is 2. The van der Waals surface area contributed by atoms with Crippen LogP contribution in [0.5, 0.6) is 0 Å². The van der Waals surface area contributed by atoms with E-state index in [-0.39, 0.29) is 30.6 Å². The van der Waals surface area contributed by atoms with E-state index in [1.54, 1.807) is 17.9 Å². The van der Waals surface area contributed by atoms with Gasteiger partial charge in [0.2, 0.25) is 5.78 Å². The van der Waals surface area contributed by atoms with Gasteiger partial charge in [0.1, 0.15) is 11.7 Å². The molecular weight excluding hydrogens is 342 g/mol. The van der Waals surface area contributed by atoms with Crippen LogP contribution in [0.25, 0.3) is 0 Å². The van der Waals surface area contributed by atoms with E-state index in [9.17, 15) is 29.8 Å². The molecule has 1 aliphatic carbocycles. The van der Waals surface area contributed by atoms with Crippen molar-refractivity contribution in [2.45, 2.75) is 31.3 Å². The number of likely N-dealkylation sites (tertiary alicyclic amines) is 1. The van der Waals surface area contributed by atoms with Crippen LogP contribution in [0.4, 0.5) is 0 Å². The Kier molecular flexibility index (Phi) is 4.14. The van der Waals surface area contributed by atoms with Gasteiger partial charge >= 0.3 is 5.54 Å². The number of fused-ring (bicyclic) bond motifs is 4. The van der Waals surface area contributed by atoms with Gasteiger partial charge in [0.25, 0.3) is 5.54 Å². The van der Waals surface area contributed by atoms with Gasteiger partial charge in [-0.05, 0) is 13.5 Å². The zero-order valence-electron chi connectivity index (χ0n) is 14.5. The predicted octanol–water partition coefficient (Wildman–Crippen LogP) is 1.30.